The van der Waals surface area contributed by atoms with E-state index in [1.165, 1.54) is 6.33 Å². The molecule has 0 radical (unpaired) electrons. The van der Waals surface area contributed by atoms with Gasteiger partial charge in [-0.2, -0.15) is 0 Å². The van der Waals surface area contributed by atoms with E-state index < -0.39 is 0 Å². The lowest BCUT2D eigenvalue weighted by Crippen LogP contribution is -2.48. The van der Waals surface area contributed by atoms with Gasteiger partial charge in [0.05, 0.1) is 16.1 Å². The Morgan fingerprint density at radius 3 is 2.50 bits per heavy atom. The predicted molar refractivity (Wildman–Crippen MR) is 113 cm³/mol. The van der Waals surface area contributed by atoms with E-state index in [4.69, 9.17) is 23.2 Å². The number of halogens is 2. The lowest BCUT2D eigenvalue weighted by atomic mass is 10.0. The van der Waals surface area contributed by atoms with Crippen molar-refractivity contribution in [1.82, 2.24) is 25.1 Å². The van der Waals surface area contributed by atoms with Crippen molar-refractivity contribution < 1.29 is 4.79 Å². The zero-order valence-corrected chi connectivity index (χ0v) is 17.8. The number of nitrogens with zero attached hydrogens (tertiary/aromatic N) is 4. The molecular formula is C20H25Cl2N5O. The second-order valence-corrected chi connectivity index (χ2v) is 8.03. The highest BCUT2D eigenvalue weighted by atomic mass is 35.5. The van der Waals surface area contributed by atoms with Gasteiger partial charge in [-0.15, -0.1) is 0 Å². The Hall–Kier alpha value is -1.89. The van der Waals surface area contributed by atoms with E-state index in [9.17, 15) is 4.79 Å². The lowest BCUT2D eigenvalue weighted by Gasteiger charge is -2.35. The quantitative estimate of drug-likeness (QED) is 0.801. The number of hydrogen-bond acceptors (Lipinski definition) is 4. The number of amides is 2. The normalized spacial score (nSPS) is 16.6. The van der Waals surface area contributed by atoms with Crippen molar-refractivity contribution in [2.75, 3.05) is 27.2 Å². The Morgan fingerprint density at radius 2 is 1.86 bits per heavy atom. The van der Waals surface area contributed by atoms with Crippen molar-refractivity contribution in [3.8, 4) is 11.1 Å². The molecule has 1 fully saturated rings. The smallest absolute Gasteiger partial charge is 0.317 e. The van der Waals surface area contributed by atoms with Gasteiger partial charge in [-0.05, 0) is 45.5 Å². The number of urea groups is 1. The average molecular weight is 422 g/mol. The molecule has 1 aliphatic heterocycles. The van der Waals surface area contributed by atoms with Crippen LogP contribution in [0.2, 0.25) is 10.0 Å². The summed E-state index contributed by atoms with van der Waals surface area (Å²) in [5.74, 6) is 0. The summed E-state index contributed by atoms with van der Waals surface area (Å²) >= 11 is 13.0. The Labute approximate surface area is 175 Å². The van der Waals surface area contributed by atoms with Crippen LogP contribution in [0.1, 0.15) is 31.4 Å². The van der Waals surface area contributed by atoms with Crippen molar-refractivity contribution in [2.45, 2.75) is 31.8 Å². The molecule has 3 rings (SSSR count). The summed E-state index contributed by atoms with van der Waals surface area (Å²) in [5.41, 5.74) is 2.33. The molecule has 1 aromatic carbocycles. The molecule has 0 bridgehead atoms. The maximum atomic E-state index is 12.7. The van der Waals surface area contributed by atoms with Gasteiger partial charge in [0.1, 0.15) is 6.33 Å². The molecule has 6 nitrogen and oxygen atoms in total. The number of piperidine rings is 1. The average Bonchev–Trinajstić information content (AvgIpc) is 2.70. The van der Waals surface area contributed by atoms with Crippen LogP contribution in [0.3, 0.4) is 0 Å². The van der Waals surface area contributed by atoms with Crippen LogP contribution in [-0.2, 0) is 0 Å². The van der Waals surface area contributed by atoms with Gasteiger partial charge in [0.2, 0.25) is 0 Å². The summed E-state index contributed by atoms with van der Waals surface area (Å²) in [4.78, 5) is 24.8. The molecule has 1 aliphatic rings. The molecule has 2 aromatic rings. The van der Waals surface area contributed by atoms with Gasteiger partial charge in [-0.1, -0.05) is 35.3 Å². The van der Waals surface area contributed by atoms with Gasteiger partial charge in [0, 0.05) is 36.6 Å². The number of carbonyl (C=O) groups is 1. The molecule has 2 amide bonds. The summed E-state index contributed by atoms with van der Waals surface area (Å²) in [7, 11) is 3.96. The maximum Gasteiger partial charge on any atom is 0.317 e. The first kappa shape index (κ1) is 20.8. The van der Waals surface area contributed by atoms with Crippen LogP contribution < -0.4 is 5.32 Å². The van der Waals surface area contributed by atoms with E-state index in [0.717, 1.165) is 42.6 Å². The van der Waals surface area contributed by atoms with Gasteiger partial charge in [0.25, 0.3) is 0 Å². The van der Waals surface area contributed by atoms with E-state index in [0.29, 0.717) is 10.0 Å². The van der Waals surface area contributed by atoms with Crippen molar-refractivity contribution in [2.24, 2.45) is 0 Å². The molecule has 0 spiro atoms. The monoisotopic (exact) mass is 421 g/mol. The zero-order valence-electron chi connectivity index (χ0n) is 16.3. The molecule has 0 saturated carbocycles. The Morgan fingerprint density at radius 1 is 1.21 bits per heavy atom. The second kappa shape index (κ2) is 9.07. The fourth-order valence-electron chi connectivity index (χ4n) is 3.47. The topological polar surface area (TPSA) is 61.4 Å². The van der Waals surface area contributed by atoms with Crippen molar-refractivity contribution in [3.05, 3.63) is 46.5 Å². The number of hydrogen-bond donors (Lipinski definition) is 1. The van der Waals surface area contributed by atoms with Gasteiger partial charge < -0.3 is 15.1 Å². The van der Waals surface area contributed by atoms with Crippen LogP contribution in [-0.4, -0.2) is 59.0 Å². The van der Waals surface area contributed by atoms with Gasteiger partial charge in [-0.25, -0.2) is 14.8 Å². The van der Waals surface area contributed by atoms with Gasteiger partial charge >= 0.3 is 6.03 Å². The number of nitrogens with one attached hydrogen (secondary N) is 1. The molecular weight excluding hydrogens is 397 g/mol. The number of rotatable bonds is 4. The summed E-state index contributed by atoms with van der Waals surface area (Å²) in [5, 5.41) is 3.90. The first-order valence-corrected chi connectivity index (χ1v) is 10.1. The van der Waals surface area contributed by atoms with Crippen LogP contribution in [0, 0.1) is 0 Å². The van der Waals surface area contributed by atoms with Crippen molar-refractivity contribution in [1.29, 1.82) is 0 Å². The predicted octanol–water partition coefficient (Wildman–Crippen LogP) is 4.25. The molecule has 0 aliphatic carbocycles. The molecule has 2 heterocycles. The molecule has 1 atom stereocenters. The summed E-state index contributed by atoms with van der Waals surface area (Å²) in [6.07, 6.45) is 6.80. The largest absolute Gasteiger partial charge is 0.331 e. The van der Waals surface area contributed by atoms with E-state index in [-0.39, 0.29) is 18.1 Å². The first-order chi connectivity index (χ1) is 13.4. The van der Waals surface area contributed by atoms with Crippen LogP contribution in [0.15, 0.2) is 30.9 Å². The third-order valence-corrected chi connectivity index (χ3v) is 6.24. The summed E-state index contributed by atoms with van der Waals surface area (Å²) in [6.45, 7) is 3.91. The third-order valence-electron chi connectivity index (χ3n) is 5.35. The minimum Gasteiger partial charge on any atom is -0.331 e. The Kier molecular flexibility index (Phi) is 6.75. The summed E-state index contributed by atoms with van der Waals surface area (Å²) < 4.78 is 0. The van der Waals surface area contributed by atoms with Crippen molar-refractivity contribution in [3.63, 3.8) is 0 Å². The van der Waals surface area contributed by atoms with E-state index in [1.807, 2.05) is 26.1 Å². The summed E-state index contributed by atoms with van der Waals surface area (Å²) in [6, 6.07) is 3.65. The standard InChI is InChI=1S/C20H25Cl2N5O/c1-13(25-20(28)27(3)15-6-8-26(2)9-7-15)16-4-5-17(19(22)18(16)21)14-10-23-12-24-11-14/h4-5,10-13,15H,6-9H2,1-3H3,(H,25,28). The lowest BCUT2D eigenvalue weighted by molar-refractivity contribution is 0.146. The number of benzene rings is 1. The Bertz CT molecular complexity index is 825. The zero-order chi connectivity index (χ0) is 20.3. The molecule has 1 N–H and O–H groups in total. The third kappa shape index (κ3) is 4.57. The highest BCUT2D eigenvalue weighted by Crippen LogP contribution is 2.37. The maximum absolute atomic E-state index is 12.7. The molecule has 28 heavy (non-hydrogen) atoms. The minimum atomic E-state index is -0.271. The fourth-order valence-corrected chi connectivity index (χ4v) is 4.08. The molecule has 1 unspecified atom stereocenters. The van der Waals surface area contributed by atoms with E-state index >= 15 is 0 Å². The van der Waals surface area contributed by atoms with E-state index in [2.05, 4.69) is 27.2 Å². The second-order valence-electron chi connectivity index (χ2n) is 7.27. The highest BCUT2D eigenvalue weighted by molar-refractivity contribution is 6.44. The van der Waals surface area contributed by atoms with Crippen LogP contribution in [0.4, 0.5) is 4.79 Å². The first-order valence-electron chi connectivity index (χ1n) is 9.33. The van der Waals surface area contributed by atoms with Gasteiger partial charge in [0.15, 0.2) is 0 Å². The molecule has 1 aromatic heterocycles. The van der Waals surface area contributed by atoms with Crippen LogP contribution in [0.5, 0.6) is 0 Å². The van der Waals surface area contributed by atoms with Gasteiger partial charge in [-0.3, -0.25) is 0 Å². The number of likely N-dealkylation sites (tertiary alicyclic amines) is 1. The van der Waals surface area contributed by atoms with Crippen LogP contribution >= 0.6 is 23.2 Å². The molecule has 8 heteroatoms. The van der Waals surface area contributed by atoms with Crippen LogP contribution in [0.25, 0.3) is 11.1 Å². The number of carbonyl (C=O) groups excluding carboxylic acids is 1. The minimum absolute atomic E-state index is 0.102. The van der Waals surface area contributed by atoms with E-state index in [1.54, 1.807) is 17.3 Å². The van der Waals surface area contributed by atoms with Crippen molar-refractivity contribution >= 4 is 29.2 Å². The SMILES string of the molecule is CC(NC(=O)N(C)C1CCN(C)CC1)c1ccc(-c2cncnc2)c(Cl)c1Cl. The Balaban J connectivity index is 1.71. The number of aromatic nitrogens is 2. The highest BCUT2D eigenvalue weighted by Gasteiger charge is 2.25. The fraction of sp³-hybridized carbons (Fsp3) is 0.450. The molecule has 1 saturated heterocycles. The molecule has 150 valence electrons.